The average molecular weight is 587 g/mol. The van der Waals surface area contributed by atoms with Crippen LogP contribution in [0.25, 0.3) is 10.9 Å². The number of ether oxygens (including phenoxy) is 1. The van der Waals surface area contributed by atoms with Crippen molar-refractivity contribution in [3.63, 3.8) is 0 Å². The van der Waals surface area contributed by atoms with Crippen LogP contribution in [0.15, 0.2) is 23.2 Å². The number of aromatic nitrogens is 1. The van der Waals surface area contributed by atoms with Gasteiger partial charge in [-0.1, -0.05) is 13.8 Å². The topological polar surface area (TPSA) is 151 Å². The molecule has 1 amide bonds. The van der Waals surface area contributed by atoms with Crippen LogP contribution in [0.5, 0.6) is 5.75 Å². The Hall–Kier alpha value is -2.47. The highest BCUT2D eigenvalue weighted by Crippen LogP contribution is 2.31. The van der Waals surface area contributed by atoms with Crippen LogP contribution < -0.4 is 10.2 Å². The van der Waals surface area contributed by atoms with E-state index in [4.69, 9.17) is 15.4 Å². The molecule has 2 heterocycles. The minimum atomic E-state index is -3.66. The second kappa shape index (κ2) is 16.0. The molecule has 39 heavy (non-hydrogen) atoms. The Labute approximate surface area is 237 Å². The van der Waals surface area contributed by atoms with Gasteiger partial charge in [-0.25, -0.2) is 24.3 Å². The van der Waals surface area contributed by atoms with Crippen molar-refractivity contribution in [3.8, 4) is 5.75 Å². The Morgan fingerprint density at radius 3 is 2.59 bits per heavy atom. The zero-order valence-corrected chi connectivity index (χ0v) is 25.3. The van der Waals surface area contributed by atoms with Gasteiger partial charge < -0.3 is 14.6 Å². The van der Waals surface area contributed by atoms with E-state index in [1.165, 1.54) is 4.31 Å². The number of aromatic amines is 1. The van der Waals surface area contributed by atoms with Gasteiger partial charge >= 0.3 is 0 Å². The summed E-state index contributed by atoms with van der Waals surface area (Å²) in [6, 6.07) is 8.06. The molecule has 0 saturated heterocycles. The molecule has 220 valence electrons. The van der Waals surface area contributed by atoms with Crippen LogP contribution in [-0.4, -0.2) is 85.8 Å². The lowest BCUT2D eigenvalue weighted by Gasteiger charge is -2.28. The molecule has 1 aromatic heterocycles. The van der Waals surface area contributed by atoms with Crippen LogP contribution in [0.4, 0.5) is 0 Å². The third-order valence-corrected chi connectivity index (χ3v) is 8.57. The van der Waals surface area contributed by atoms with E-state index in [1.54, 1.807) is 26.4 Å². The molecule has 13 heteroatoms. The quantitative estimate of drug-likeness (QED) is 0.180. The van der Waals surface area contributed by atoms with E-state index in [2.05, 4.69) is 35.0 Å². The third-order valence-electron chi connectivity index (χ3n) is 6.69. The van der Waals surface area contributed by atoms with E-state index in [-0.39, 0.29) is 36.7 Å². The monoisotopic (exact) mass is 586 g/mol. The van der Waals surface area contributed by atoms with Gasteiger partial charge in [-0.3, -0.25) is 10.0 Å². The molecule has 11 nitrogen and oxygen atoms in total. The number of halogens is 1. The number of hydroxylamine groups is 1. The number of benzene rings is 1. The highest BCUT2D eigenvalue weighted by atomic mass is 35.5. The van der Waals surface area contributed by atoms with Crippen molar-refractivity contribution in [2.24, 2.45) is 16.8 Å². The molecule has 0 radical (unpaired) electrons. The number of nitrogens with zero attached hydrogens (tertiary/aromatic N) is 3. The molecule has 3 rings (SSSR count). The molecule has 4 N–H and O–H groups in total. The lowest BCUT2D eigenvalue weighted by molar-refractivity contribution is -0.134. The van der Waals surface area contributed by atoms with E-state index in [0.29, 0.717) is 13.0 Å². The summed E-state index contributed by atoms with van der Waals surface area (Å²) in [5.74, 6) is -1.28. The molecule has 0 aliphatic carbocycles. The summed E-state index contributed by atoms with van der Waals surface area (Å²) in [7, 11) is 2.07. The van der Waals surface area contributed by atoms with Gasteiger partial charge in [0.2, 0.25) is 15.9 Å². The van der Waals surface area contributed by atoms with Crippen molar-refractivity contribution in [2.75, 3.05) is 40.0 Å². The molecule has 2 unspecified atom stereocenters. The SMILES string of the molecule is CC(CCCN(C)C)N=C=N.COc1ccc2[nH]c3c(c2c1)CCN(S(=O)(=O)CC(C(=O)NO)C(C)C)C3.Cl. The minimum Gasteiger partial charge on any atom is -0.497 e. The number of methoxy groups -OCH3 is 1. The van der Waals surface area contributed by atoms with E-state index in [1.807, 2.05) is 25.1 Å². The molecular weight excluding hydrogens is 544 g/mol. The van der Waals surface area contributed by atoms with Gasteiger partial charge in [-0.05, 0) is 76.5 Å². The van der Waals surface area contributed by atoms with Crippen LogP contribution in [0.2, 0.25) is 0 Å². The van der Waals surface area contributed by atoms with Gasteiger partial charge in [-0.2, -0.15) is 4.31 Å². The highest BCUT2D eigenvalue weighted by Gasteiger charge is 2.34. The number of carbonyl (C=O) groups is 1. The van der Waals surface area contributed by atoms with Gasteiger partial charge in [0.15, 0.2) is 0 Å². The molecule has 1 aliphatic rings. The number of carbonyl (C=O) groups excluding carboxylic acids is 1. The number of rotatable bonds is 11. The highest BCUT2D eigenvalue weighted by molar-refractivity contribution is 7.89. The van der Waals surface area contributed by atoms with Gasteiger partial charge in [-0.15, -0.1) is 12.4 Å². The van der Waals surface area contributed by atoms with Crippen molar-refractivity contribution in [1.29, 1.82) is 5.41 Å². The summed E-state index contributed by atoms with van der Waals surface area (Å²) in [6.45, 7) is 7.21. The lowest BCUT2D eigenvalue weighted by Crippen LogP contribution is -2.43. The smallest absolute Gasteiger partial charge is 0.247 e. The standard InChI is InChI=1S/C18H25N3O5S.C8H17N3.ClH/c1-11(2)15(18(22)20-23)10-27(24,25)21-7-6-13-14-8-12(26-3)4-5-16(14)19-17(13)9-21;1-8(10-7-9)5-4-6-11(2)3;/h4-5,8,11,15,19,23H,6-7,9-10H2,1-3H3,(H,20,22);8-9H,4-6H2,1-3H3;1H. The molecule has 0 bridgehead atoms. The summed E-state index contributed by atoms with van der Waals surface area (Å²) >= 11 is 0. The van der Waals surface area contributed by atoms with Gasteiger partial charge in [0.1, 0.15) is 5.75 Å². The summed E-state index contributed by atoms with van der Waals surface area (Å²) in [5, 5.41) is 16.6. The predicted molar refractivity (Wildman–Crippen MR) is 156 cm³/mol. The maximum atomic E-state index is 12.9. The normalized spacial score (nSPS) is 14.9. The van der Waals surface area contributed by atoms with Crippen molar-refractivity contribution >= 4 is 45.2 Å². The Bertz CT molecular complexity index is 1230. The molecule has 2 aromatic rings. The fourth-order valence-electron chi connectivity index (χ4n) is 4.42. The van der Waals surface area contributed by atoms with Gasteiger partial charge in [0.05, 0.1) is 37.4 Å². The summed E-state index contributed by atoms with van der Waals surface area (Å²) < 4.78 is 32.4. The first kappa shape index (κ1) is 34.6. The number of H-pyrrole nitrogens is 1. The Morgan fingerprint density at radius 2 is 2.03 bits per heavy atom. The Morgan fingerprint density at radius 1 is 1.33 bits per heavy atom. The molecule has 0 saturated carbocycles. The van der Waals surface area contributed by atoms with Crippen LogP contribution in [0.1, 0.15) is 44.9 Å². The summed E-state index contributed by atoms with van der Waals surface area (Å²) in [5.41, 5.74) is 4.48. The third kappa shape index (κ3) is 9.90. The zero-order valence-electron chi connectivity index (χ0n) is 23.7. The van der Waals surface area contributed by atoms with Crippen molar-refractivity contribution < 1.29 is 23.2 Å². The molecule has 0 fully saturated rings. The number of fused-ring (bicyclic) bond motifs is 3. The van der Waals surface area contributed by atoms with Gasteiger partial charge in [0, 0.05) is 23.1 Å². The molecular formula is C26H43ClN6O5S. The first-order chi connectivity index (χ1) is 17.9. The van der Waals surface area contributed by atoms with Crippen molar-refractivity contribution in [3.05, 3.63) is 29.5 Å². The largest absolute Gasteiger partial charge is 0.497 e. The molecule has 1 aromatic carbocycles. The molecule has 1 aliphatic heterocycles. The first-order valence-corrected chi connectivity index (χ1v) is 14.4. The first-order valence-electron chi connectivity index (χ1n) is 12.8. The van der Waals surface area contributed by atoms with Crippen LogP contribution in [-0.2, 0) is 27.8 Å². The van der Waals surface area contributed by atoms with E-state index in [0.717, 1.165) is 47.3 Å². The Kier molecular flexibility index (Phi) is 14.1. The summed E-state index contributed by atoms with van der Waals surface area (Å²) in [6.07, 6.45) is 2.77. The average Bonchev–Trinajstić information content (AvgIpc) is 3.24. The van der Waals surface area contributed by atoms with Crippen LogP contribution in [0, 0.1) is 17.2 Å². The fourth-order valence-corrected chi connectivity index (χ4v) is 6.32. The van der Waals surface area contributed by atoms with E-state index in [9.17, 15) is 13.2 Å². The lowest BCUT2D eigenvalue weighted by atomic mass is 9.97. The number of sulfonamides is 1. The second-order valence-electron chi connectivity index (χ2n) is 10.2. The van der Waals surface area contributed by atoms with Crippen LogP contribution >= 0.6 is 12.4 Å². The number of hydrogen-bond donors (Lipinski definition) is 4. The van der Waals surface area contributed by atoms with Crippen molar-refractivity contribution in [2.45, 2.75) is 52.6 Å². The number of amides is 1. The Balaban J connectivity index is 0.000000541. The number of nitrogens with one attached hydrogen (secondary N) is 3. The van der Waals surface area contributed by atoms with Gasteiger partial charge in [0.25, 0.3) is 0 Å². The predicted octanol–water partition coefficient (Wildman–Crippen LogP) is 3.53. The number of hydrogen-bond acceptors (Lipinski definition) is 8. The maximum Gasteiger partial charge on any atom is 0.247 e. The summed E-state index contributed by atoms with van der Waals surface area (Å²) in [4.78, 5) is 21.1. The van der Waals surface area contributed by atoms with Crippen molar-refractivity contribution in [1.82, 2.24) is 19.7 Å². The minimum absolute atomic E-state index is 0. The number of aliphatic imine (C=N–C) groups is 1. The van der Waals surface area contributed by atoms with E-state index >= 15 is 0 Å². The fraction of sp³-hybridized carbons (Fsp3) is 0.615. The van der Waals surface area contributed by atoms with E-state index < -0.39 is 21.8 Å². The maximum absolute atomic E-state index is 12.9. The molecule has 2 atom stereocenters. The molecule has 0 spiro atoms. The van der Waals surface area contributed by atoms with Crippen LogP contribution in [0.3, 0.4) is 0 Å². The zero-order chi connectivity index (χ0) is 28.5. The second-order valence-corrected chi connectivity index (χ2v) is 12.2.